The minimum absolute atomic E-state index is 0.0698. The molecule has 5 nitrogen and oxygen atoms in total. The molecule has 0 spiro atoms. The van der Waals surface area contributed by atoms with E-state index in [0.29, 0.717) is 11.4 Å². The smallest absolute Gasteiger partial charge is 0.258 e. The van der Waals surface area contributed by atoms with Gasteiger partial charge in [-0.3, -0.25) is 4.79 Å². The molecule has 0 aliphatic carbocycles. The summed E-state index contributed by atoms with van der Waals surface area (Å²) in [6, 6.07) is 8.38. The summed E-state index contributed by atoms with van der Waals surface area (Å²) < 4.78 is 4.17. The van der Waals surface area contributed by atoms with E-state index in [4.69, 9.17) is 5.73 Å². The number of fused-ring (bicyclic) bond motifs is 1. The van der Waals surface area contributed by atoms with Crippen molar-refractivity contribution in [2.75, 3.05) is 10.6 Å². The van der Waals surface area contributed by atoms with Crippen LogP contribution in [0.15, 0.2) is 24.3 Å². The molecule has 1 aliphatic rings. The van der Waals surface area contributed by atoms with Gasteiger partial charge in [0.15, 0.2) is 5.82 Å². The predicted octanol–water partition coefficient (Wildman–Crippen LogP) is 2.38. The Bertz CT molecular complexity index is 655. The highest BCUT2D eigenvalue weighted by atomic mass is 32.1. The lowest BCUT2D eigenvalue weighted by atomic mass is 10.1. The Labute approximate surface area is 127 Å². The third-order valence-electron chi connectivity index (χ3n) is 3.48. The molecule has 3 rings (SSSR count). The Hall–Kier alpha value is -2.08. The van der Waals surface area contributed by atoms with Crippen LogP contribution in [0, 0.1) is 0 Å². The summed E-state index contributed by atoms with van der Waals surface area (Å²) >= 11 is 1.29. The fraction of sp³-hybridized carbons (Fsp3) is 0.333. The Morgan fingerprint density at radius 2 is 1.95 bits per heavy atom. The number of hydrogen-bond acceptors (Lipinski definition) is 5. The second-order valence-electron chi connectivity index (χ2n) is 5.50. The SMILES string of the molecule is CC(C)NC(=O)c1c(N)nsc1N1Cc2ccccc2C1. The van der Waals surface area contributed by atoms with Crippen LogP contribution in [0.3, 0.4) is 0 Å². The Morgan fingerprint density at radius 1 is 1.33 bits per heavy atom. The van der Waals surface area contributed by atoms with E-state index in [-0.39, 0.29) is 11.9 Å². The van der Waals surface area contributed by atoms with E-state index in [0.717, 1.165) is 18.1 Å². The van der Waals surface area contributed by atoms with Crippen molar-refractivity contribution < 1.29 is 4.79 Å². The lowest BCUT2D eigenvalue weighted by Crippen LogP contribution is -2.31. The molecule has 0 bridgehead atoms. The van der Waals surface area contributed by atoms with Crippen molar-refractivity contribution in [3.05, 3.63) is 41.0 Å². The number of carbonyl (C=O) groups is 1. The zero-order valence-electron chi connectivity index (χ0n) is 12.1. The molecule has 0 fully saturated rings. The molecular weight excluding hydrogens is 284 g/mol. The van der Waals surface area contributed by atoms with Gasteiger partial charge >= 0.3 is 0 Å². The summed E-state index contributed by atoms with van der Waals surface area (Å²) in [5.74, 6) is 0.159. The van der Waals surface area contributed by atoms with Crippen molar-refractivity contribution in [3.63, 3.8) is 0 Å². The number of nitrogens with one attached hydrogen (secondary N) is 1. The van der Waals surface area contributed by atoms with Crippen molar-refractivity contribution in [2.24, 2.45) is 0 Å². The van der Waals surface area contributed by atoms with Crippen LogP contribution < -0.4 is 16.0 Å². The Kier molecular flexibility index (Phi) is 3.55. The van der Waals surface area contributed by atoms with Gasteiger partial charge in [-0.05, 0) is 36.5 Å². The number of aromatic nitrogens is 1. The van der Waals surface area contributed by atoms with Crippen LogP contribution in [-0.4, -0.2) is 16.3 Å². The molecule has 0 unspecified atom stereocenters. The molecule has 1 amide bonds. The van der Waals surface area contributed by atoms with Crippen LogP contribution in [0.1, 0.15) is 35.3 Å². The van der Waals surface area contributed by atoms with Gasteiger partial charge in [-0.2, -0.15) is 4.37 Å². The van der Waals surface area contributed by atoms with Crippen LogP contribution >= 0.6 is 11.5 Å². The van der Waals surface area contributed by atoms with Crippen LogP contribution in [0.4, 0.5) is 10.8 Å². The van der Waals surface area contributed by atoms with Gasteiger partial charge in [-0.1, -0.05) is 24.3 Å². The van der Waals surface area contributed by atoms with E-state index in [9.17, 15) is 4.79 Å². The first-order valence-corrected chi connectivity index (χ1v) is 7.71. The molecular formula is C15H18N4OS. The van der Waals surface area contributed by atoms with E-state index >= 15 is 0 Å². The number of amides is 1. The maximum Gasteiger partial charge on any atom is 0.258 e. The molecule has 21 heavy (non-hydrogen) atoms. The molecule has 0 radical (unpaired) electrons. The van der Waals surface area contributed by atoms with Gasteiger partial charge in [-0.15, -0.1) is 0 Å². The zero-order chi connectivity index (χ0) is 15.0. The second kappa shape index (κ2) is 5.37. The lowest BCUT2D eigenvalue weighted by molar-refractivity contribution is 0.0944. The molecule has 0 atom stereocenters. The molecule has 3 N–H and O–H groups in total. The van der Waals surface area contributed by atoms with E-state index in [2.05, 4.69) is 26.7 Å². The fourth-order valence-corrected chi connectivity index (χ4v) is 3.34. The van der Waals surface area contributed by atoms with Crippen molar-refractivity contribution in [1.29, 1.82) is 0 Å². The molecule has 1 aromatic carbocycles. The lowest BCUT2D eigenvalue weighted by Gasteiger charge is -2.17. The van der Waals surface area contributed by atoms with E-state index in [1.54, 1.807) is 0 Å². The third-order valence-corrected chi connectivity index (χ3v) is 4.40. The van der Waals surface area contributed by atoms with Crippen molar-refractivity contribution in [1.82, 2.24) is 9.69 Å². The van der Waals surface area contributed by atoms with Crippen LogP contribution in [0.5, 0.6) is 0 Å². The maximum atomic E-state index is 12.3. The van der Waals surface area contributed by atoms with Crippen LogP contribution in [0.25, 0.3) is 0 Å². The number of nitrogens with two attached hydrogens (primary N) is 1. The predicted molar refractivity (Wildman–Crippen MR) is 85.5 cm³/mol. The van der Waals surface area contributed by atoms with Crippen molar-refractivity contribution >= 4 is 28.3 Å². The Morgan fingerprint density at radius 3 is 2.52 bits per heavy atom. The minimum atomic E-state index is -0.151. The number of hydrogen-bond donors (Lipinski definition) is 2. The monoisotopic (exact) mass is 302 g/mol. The van der Waals surface area contributed by atoms with Gasteiger partial charge < -0.3 is 16.0 Å². The topological polar surface area (TPSA) is 71.2 Å². The molecule has 110 valence electrons. The van der Waals surface area contributed by atoms with Gasteiger partial charge in [0.1, 0.15) is 10.6 Å². The highest BCUT2D eigenvalue weighted by Gasteiger charge is 2.27. The summed E-state index contributed by atoms with van der Waals surface area (Å²) in [6.45, 7) is 5.44. The molecule has 6 heteroatoms. The van der Waals surface area contributed by atoms with Crippen molar-refractivity contribution in [2.45, 2.75) is 33.0 Å². The van der Waals surface area contributed by atoms with E-state index in [1.165, 1.54) is 22.7 Å². The Balaban J connectivity index is 1.90. The highest BCUT2D eigenvalue weighted by Crippen LogP contribution is 2.36. The molecule has 0 saturated carbocycles. The molecule has 1 aliphatic heterocycles. The first kappa shape index (κ1) is 13.9. The number of nitrogen functional groups attached to an aromatic ring is 1. The van der Waals surface area contributed by atoms with Crippen molar-refractivity contribution in [3.8, 4) is 0 Å². The number of carbonyl (C=O) groups excluding carboxylic acids is 1. The molecule has 2 heterocycles. The summed E-state index contributed by atoms with van der Waals surface area (Å²) in [7, 11) is 0. The maximum absolute atomic E-state index is 12.3. The number of rotatable bonds is 3. The van der Waals surface area contributed by atoms with Crippen LogP contribution in [-0.2, 0) is 13.1 Å². The van der Waals surface area contributed by atoms with E-state index in [1.807, 2.05) is 26.0 Å². The highest BCUT2D eigenvalue weighted by molar-refractivity contribution is 7.11. The van der Waals surface area contributed by atoms with Gasteiger partial charge in [0.05, 0.1) is 0 Å². The number of nitrogens with zero attached hydrogens (tertiary/aromatic N) is 2. The molecule has 2 aromatic rings. The quantitative estimate of drug-likeness (QED) is 0.913. The summed E-state index contributed by atoms with van der Waals surface area (Å²) in [5.41, 5.74) is 8.99. The number of benzene rings is 1. The zero-order valence-corrected chi connectivity index (χ0v) is 12.9. The van der Waals surface area contributed by atoms with Gasteiger partial charge in [0, 0.05) is 19.1 Å². The average molecular weight is 302 g/mol. The third kappa shape index (κ3) is 2.58. The normalized spacial score (nSPS) is 13.6. The summed E-state index contributed by atoms with van der Waals surface area (Å²) in [6.07, 6.45) is 0. The first-order chi connectivity index (χ1) is 10.1. The van der Waals surface area contributed by atoms with Gasteiger partial charge in [-0.25, -0.2) is 0 Å². The minimum Gasteiger partial charge on any atom is -0.382 e. The molecule has 0 saturated heterocycles. The summed E-state index contributed by atoms with van der Waals surface area (Å²) in [5, 5.41) is 3.74. The van der Waals surface area contributed by atoms with Gasteiger partial charge in [0.2, 0.25) is 0 Å². The summed E-state index contributed by atoms with van der Waals surface area (Å²) in [4.78, 5) is 14.5. The van der Waals surface area contributed by atoms with Crippen LogP contribution in [0.2, 0.25) is 0 Å². The second-order valence-corrected chi connectivity index (χ2v) is 6.25. The number of anilines is 2. The average Bonchev–Trinajstić information content (AvgIpc) is 3.00. The van der Waals surface area contributed by atoms with E-state index < -0.39 is 0 Å². The largest absolute Gasteiger partial charge is 0.382 e. The first-order valence-electron chi connectivity index (χ1n) is 6.94. The standard InChI is InChI=1S/C15H18N4OS/c1-9(2)17-14(20)12-13(16)18-21-15(12)19-7-10-5-3-4-6-11(10)8-19/h3-6,9H,7-8H2,1-2H3,(H2,16,18)(H,17,20). The fourth-order valence-electron chi connectivity index (χ4n) is 2.53. The molecule has 1 aromatic heterocycles. The van der Waals surface area contributed by atoms with Gasteiger partial charge in [0.25, 0.3) is 5.91 Å².